The number of hydrogen-bond donors (Lipinski definition) is 1. The highest BCUT2D eigenvalue weighted by Crippen LogP contribution is 2.22. The molecule has 0 saturated carbocycles. The van der Waals surface area contributed by atoms with Gasteiger partial charge in [-0.2, -0.15) is 0 Å². The Bertz CT molecular complexity index is 363. The molecule has 0 aliphatic carbocycles. The van der Waals surface area contributed by atoms with Gasteiger partial charge in [0.15, 0.2) is 0 Å². The molecule has 2 heteroatoms. The van der Waals surface area contributed by atoms with E-state index in [2.05, 4.69) is 12.5 Å². The van der Waals surface area contributed by atoms with Crippen molar-refractivity contribution in [3.05, 3.63) is 36.4 Å². The first-order chi connectivity index (χ1) is 6.77. The number of benzene rings is 1. The minimum absolute atomic E-state index is 0.272. The van der Waals surface area contributed by atoms with E-state index < -0.39 is 0 Å². The third kappa shape index (κ3) is 2.56. The Morgan fingerprint density at radius 3 is 3.00 bits per heavy atom. The first-order valence-electron chi connectivity index (χ1n) is 4.33. The lowest BCUT2D eigenvalue weighted by Crippen LogP contribution is -1.98. The third-order valence-corrected chi connectivity index (χ3v) is 1.76. The number of ether oxygens (including phenoxy) is 1. The quantitative estimate of drug-likeness (QED) is 0.444. The molecule has 0 radical (unpaired) electrons. The number of allylic oxidation sites excluding steroid dienone is 1. The Labute approximate surface area is 84.4 Å². The smallest absolute Gasteiger partial charge is 0.148 e. The van der Waals surface area contributed by atoms with Crippen LogP contribution in [0.3, 0.4) is 0 Å². The number of anilines is 1. The highest BCUT2D eigenvalue weighted by molar-refractivity contribution is 5.48. The van der Waals surface area contributed by atoms with Crippen molar-refractivity contribution in [2.45, 2.75) is 6.42 Å². The van der Waals surface area contributed by atoms with E-state index in [1.165, 1.54) is 0 Å². The molecule has 72 valence electrons. The molecule has 0 saturated heterocycles. The zero-order chi connectivity index (χ0) is 10.4. The molecule has 0 heterocycles. The van der Waals surface area contributed by atoms with Gasteiger partial charge >= 0.3 is 0 Å². The van der Waals surface area contributed by atoms with Crippen molar-refractivity contribution < 1.29 is 4.74 Å². The van der Waals surface area contributed by atoms with Crippen LogP contribution in [0, 0.1) is 12.3 Å². The van der Waals surface area contributed by atoms with E-state index >= 15 is 0 Å². The van der Waals surface area contributed by atoms with Crippen LogP contribution in [0.5, 0.6) is 5.75 Å². The van der Waals surface area contributed by atoms with E-state index in [0.717, 1.165) is 23.4 Å². The summed E-state index contributed by atoms with van der Waals surface area (Å²) in [7, 11) is 0. The van der Waals surface area contributed by atoms with Gasteiger partial charge in [-0.3, -0.25) is 0 Å². The van der Waals surface area contributed by atoms with Crippen molar-refractivity contribution in [3.8, 4) is 18.1 Å². The highest BCUT2D eigenvalue weighted by atomic mass is 16.5. The summed E-state index contributed by atoms with van der Waals surface area (Å²) >= 11 is 0. The maximum Gasteiger partial charge on any atom is 0.148 e. The summed E-state index contributed by atoms with van der Waals surface area (Å²) in [6.07, 6.45) is 7.64. The largest absolute Gasteiger partial charge is 0.481 e. The molecule has 0 bridgehead atoms. The molecule has 2 N–H and O–H groups in total. The molecule has 2 nitrogen and oxygen atoms in total. The van der Waals surface area contributed by atoms with Gasteiger partial charge in [-0.25, -0.2) is 0 Å². The summed E-state index contributed by atoms with van der Waals surface area (Å²) < 4.78 is 5.35. The van der Waals surface area contributed by atoms with Crippen LogP contribution in [-0.2, 0) is 6.42 Å². The number of terminal acetylenes is 1. The van der Waals surface area contributed by atoms with Gasteiger partial charge in [0.2, 0.25) is 0 Å². The molecule has 0 spiro atoms. The first kappa shape index (κ1) is 10.2. The Morgan fingerprint density at radius 1 is 1.57 bits per heavy atom. The zero-order valence-electron chi connectivity index (χ0n) is 7.99. The summed E-state index contributed by atoms with van der Waals surface area (Å²) in [6, 6.07) is 5.48. The SMILES string of the molecule is C#CCOc1ccc(N)cc1CC=C. The summed E-state index contributed by atoms with van der Waals surface area (Å²) in [4.78, 5) is 0. The van der Waals surface area contributed by atoms with Crippen molar-refractivity contribution in [2.24, 2.45) is 0 Å². The number of hydrogen-bond acceptors (Lipinski definition) is 2. The number of rotatable bonds is 4. The Kier molecular flexibility index (Phi) is 3.63. The molecule has 14 heavy (non-hydrogen) atoms. The van der Waals surface area contributed by atoms with Crippen LogP contribution in [0.1, 0.15) is 5.56 Å². The van der Waals surface area contributed by atoms with Gasteiger partial charge in [-0.1, -0.05) is 12.0 Å². The molecule has 0 atom stereocenters. The van der Waals surface area contributed by atoms with Crippen molar-refractivity contribution in [1.82, 2.24) is 0 Å². The fraction of sp³-hybridized carbons (Fsp3) is 0.167. The summed E-state index contributed by atoms with van der Waals surface area (Å²) in [5.41, 5.74) is 7.38. The molecule has 0 amide bonds. The lowest BCUT2D eigenvalue weighted by molar-refractivity contribution is 0.367. The molecule has 0 aliphatic heterocycles. The number of nitrogen functional groups attached to an aromatic ring is 1. The zero-order valence-corrected chi connectivity index (χ0v) is 7.99. The van der Waals surface area contributed by atoms with E-state index in [-0.39, 0.29) is 6.61 Å². The van der Waals surface area contributed by atoms with Gasteiger partial charge in [-0.15, -0.1) is 13.0 Å². The summed E-state index contributed by atoms with van der Waals surface area (Å²) in [6.45, 7) is 3.94. The second-order valence-corrected chi connectivity index (χ2v) is 2.85. The van der Waals surface area contributed by atoms with Crippen molar-refractivity contribution in [2.75, 3.05) is 12.3 Å². The van der Waals surface area contributed by atoms with Crippen LogP contribution in [0.4, 0.5) is 5.69 Å². The Hall–Kier alpha value is -1.88. The molecule has 0 fully saturated rings. The Balaban J connectivity index is 2.90. The predicted molar refractivity (Wildman–Crippen MR) is 59.1 cm³/mol. The molecular weight excluding hydrogens is 174 g/mol. The van der Waals surface area contributed by atoms with Crippen LogP contribution in [0.15, 0.2) is 30.9 Å². The maximum atomic E-state index is 5.66. The standard InChI is InChI=1S/C12H13NO/c1-3-5-10-9-11(13)6-7-12(10)14-8-4-2/h2-3,6-7,9H,1,5,8,13H2. The molecule has 1 aromatic rings. The third-order valence-electron chi connectivity index (χ3n) is 1.76. The molecule has 0 aromatic heterocycles. The lowest BCUT2D eigenvalue weighted by Gasteiger charge is -2.08. The van der Waals surface area contributed by atoms with Gasteiger partial charge in [0.25, 0.3) is 0 Å². The predicted octanol–water partition coefficient (Wildman–Crippen LogP) is 2.01. The molecule has 0 unspecified atom stereocenters. The van der Waals surface area contributed by atoms with E-state index in [4.69, 9.17) is 16.9 Å². The molecular formula is C12H13NO. The molecule has 0 aliphatic rings. The van der Waals surface area contributed by atoms with Crippen LogP contribution in [0.25, 0.3) is 0 Å². The van der Waals surface area contributed by atoms with Gasteiger partial charge in [0, 0.05) is 5.69 Å². The maximum absolute atomic E-state index is 5.66. The average molecular weight is 187 g/mol. The van der Waals surface area contributed by atoms with Crippen LogP contribution < -0.4 is 10.5 Å². The summed E-state index contributed by atoms with van der Waals surface area (Å²) in [5.74, 6) is 3.20. The minimum atomic E-state index is 0.272. The van der Waals surface area contributed by atoms with Gasteiger partial charge < -0.3 is 10.5 Å². The summed E-state index contributed by atoms with van der Waals surface area (Å²) in [5, 5.41) is 0. The second-order valence-electron chi connectivity index (χ2n) is 2.85. The Morgan fingerprint density at radius 2 is 2.36 bits per heavy atom. The van der Waals surface area contributed by atoms with E-state index in [0.29, 0.717) is 0 Å². The van der Waals surface area contributed by atoms with Crippen molar-refractivity contribution >= 4 is 5.69 Å². The average Bonchev–Trinajstić information content (AvgIpc) is 2.17. The fourth-order valence-corrected chi connectivity index (χ4v) is 1.17. The van der Waals surface area contributed by atoms with Crippen molar-refractivity contribution in [3.63, 3.8) is 0 Å². The number of nitrogens with two attached hydrogens (primary N) is 1. The topological polar surface area (TPSA) is 35.2 Å². The molecule has 1 aromatic carbocycles. The minimum Gasteiger partial charge on any atom is -0.481 e. The van der Waals surface area contributed by atoms with E-state index in [1.54, 1.807) is 12.1 Å². The normalized spacial score (nSPS) is 9.07. The highest BCUT2D eigenvalue weighted by Gasteiger charge is 2.01. The van der Waals surface area contributed by atoms with Crippen LogP contribution >= 0.6 is 0 Å². The van der Waals surface area contributed by atoms with Crippen LogP contribution in [-0.4, -0.2) is 6.61 Å². The van der Waals surface area contributed by atoms with Gasteiger partial charge in [0.1, 0.15) is 12.4 Å². The van der Waals surface area contributed by atoms with E-state index in [1.807, 2.05) is 12.1 Å². The van der Waals surface area contributed by atoms with Gasteiger partial charge in [-0.05, 0) is 30.2 Å². The molecule has 1 rings (SSSR count). The second kappa shape index (κ2) is 4.98. The van der Waals surface area contributed by atoms with Gasteiger partial charge in [0.05, 0.1) is 0 Å². The monoisotopic (exact) mass is 187 g/mol. The van der Waals surface area contributed by atoms with Crippen molar-refractivity contribution in [1.29, 1.82) is 0 Å². The fourth-order valence-electron chi connectivity index (χ4n) is 1.17. The van der Waals surface area contributed by atoms with Crippen LogP contribution in [0.2, 0.25) is 0 Å². The first-order valence-corrected chi connectivity index (χ1v) is 4.33. The van der Waals surface area contributed by atoms with E-state index in [9.17, 15) is 0 Å². The lowest BCUT2D eigenvalue weighted by atomic mass is 10.1.